The summed E-state index contributed by atoms with van der Waals surface area (Å²) in [6, 6.07) is 12.0. The van der Waals surface area contributed by atoms with E-state index in [1.54, 1.807) is 21.3 Å². The fourth-order valence-corrected chi connectivity index (χ4v) is 3.15. The van der Waals surface area contributed by atoms with Gasteiger partial charge in [-0.3, -0.25) is 4.99 Å². The Morgan fingerprint density at radius 2 is 1.38 bits per heavy atom. The van der Waals surface area contributed by atoms with Crippen LogP contribution in [-0.2, 0) is 13.0 Å². The zero-order valence-corrected chi connectivity index (χ0v) is 22.0. The highest BCUT2D eigenvalue weighted by Gasteiger charge is 2.07. The Morgan fingerprint density at radius 1 is 0.812 bits per heavy atom. The van der Waals surface area contributed by atoms with Gasteiger partial charge in [-0.2, -0.15) is 0 Å². The van der Waals surface area contributed by atoms with E-state index >= 15 is 0 Å². The Bertz CT molecular complexity index is 846. The number of hydrogen-bond donors (Lipinski definition) is 2. The van der Waals surface area contributed by atoms with Crippen molar-refractivity contribution in [2.75, 3.05) is 41.0 Å². The standard InChI is InChI=1S/C24H35N3O4.HI/c1-6-30-22-15-18(10-12-20(22)28-4)9-8-14-26-24(25-3)27-17-19-11-13-21(29-5)23(16-19)31-7-2;/h10-13,15-16H,6-9,14,17H2,1-5H3,(H2,25,26,27);1H. The van der Waals surface area contributed by atoms with E-state index in [1.807, 2.05) is 38.1 Å². The average molecular weight is 557 g/mol. The zero-order chi connectivity index (χ0) is 22.5. The molecule has 0 aliphatic carbocycles. The molecule has 0 amide bonds. The van der Waals surface area contributed by atoms with E-state index in [9.17, 15) is 0 Å². The van der Waals surface area contributed by atoms with Gasteiger partial charge >= 0.3 is 0 Å². The molecule has 0 saturated heterocycles. The molecule has 8 heteroatoms. The van der Waals surface area contributed by atoms with Gasteiger partial charge in [0.1, 0.15) is 0 Å². The number of hydrogen-bond acceptors (Lipinski definition) is 5. The van der Waals surface area contributed by atoms with Gasteiger partial charge < -0.3 is 29.6 Å². The Kier molecular flexibility index (Phi) is 13.4. The number of methoxy groups -OCH3 is 2. The van der Waals surface area contributed by atoms with Crippen molar-refractivity contribution < 1.29 is 18.9 Å². The van der Waals surface area contributed by atoms with Gasteiger partial charge in [0, 0.05) is 20.1 Å². The molecule has 0 saturated carbocycles. The van der Waals surface area contributed by atoms with Crippen molar-refractivity contribution in [3.8, 4) is 23.0 Å². The van der Waals surface area contributed by atoms with Gasteiger partial charge in [0.05, 0.1) is 27.4 Å². The van der Waals surface area contributed by atoms with Gasteiger partial charge in [-0.05, 0) is 62.1 Å². The lowest BCUT2D eigenvalue weighted by Gasteiger charge is -2.14. The summed E-state index contributed by atoms with van der Waals surface area (Å²) >= 11 is 0. The molecule has 2 N–H and O–H groups in total. The first-order valence-electron chi connectivity index (χ1n) is 10.7. The summed E-state index contributed by atoms with van der Waals surface area (Å²) in [5, 5.41) is 6.70. The van der Waals surface area contributed by atoms with Crippen LogP contribution in [0.4, 0.5) is 0 Å². The summed E-state index contributed by atoms with van der Waals surface area (Å²) in [4.78, 5) is 4.30. The smallest absolute Gasteiger partial charge is 0.191 e. The molecule has 0 aromatic heterocycles. The average Bonchev–Trinajstić information content (AvgIpc) is 2.79. The van der Waals surface area contributed by atoms with E-state index in [4.69, 9.17) is 18.9 Å². The Morgan fingerprint density at radius 3 is 1.91 bits per heavy atom. The van der Waals surface area contributed by atoms with Gasteiger partial charge in [-0.25, -0.2) is 0 Å². The topological polar surface area (TPSA) is 73.3 Å². The number of guanidine groups is 1. The van der Waals surface area contributed by atoms with Crippen LogP contribution in [0.5, 0.6) is 23.0 Å². The molecule has 2 rings (SSSR count). The van der Waals surface area contributed by atoms with Crippen LogP contribution in [0.25, 0.3) is 0 Å². The van der Waals surface area contributed by atoms with Crippen molar-refractivity contribution in [2.24, 2.45) is 4.99 Å². The predicted molar refractivity (Wildman–Crippen MR) is 140 cm³/mol. The number of benzene rings is 2. The van der Waals surface area contributed by atoms with Gasteiger partial charge in [-0.15, -0.1) is 24.0 Å². The maximum absolute atomic E-state index is 5.66. The van der Waals surface area contributed by atoms with Crippen LogP contribution < -0.4 is 29.6 Å². The quantitative estimate of drug-likeness (QED) is 0.174. The monoisotopic (exact) mass is 557 g/mol. The minimum absolute atomic E-state index is 0. The van der Waals surface area contributed by atoms with E-state index in [0.29, 0.717) is 19.8 Å². The number of halogens is 1. The number of nitrogens with one attached hydrogen (secondary N) is 2. The van der Waals surface area contributed by atoms with Crippen LogP contribution in [0.15, 0.2) is 41.4 Å². The molecule has 0 atom stereocenters. The molecular weight excluding hydrogens is 521 g/mol. The summed E-state index contributed by atoms with van der Waals surface area (Å²) in [6.07, 6.45) is 1.90. The summed E-state index contributed by atoms with van der Waals surface area (Å²) in [6.45, 7) is 6.58. The number of nitrogens with zero attached hydrogens (tertiary/aromatic N) is 1. The van der Waals surface area contributed by atoms with Crippen LogP contribution in [0.2, 0.25) is 0 Å². The third-order valence-corrected chi connectivity index (χ3v) is 4.67. The maximum atomic E-state index is 5.66. The normalized spacial score (nSPS) is 10.7. The second-order valence-corrected chi connectivity index (χ2v) is 6.79. The fourth-order valence-electron chi connectivity index (χ4n) is 3.15. The third kappa shape index (κ3) is 8.64. The Labute approximate surface area is 208 Å². The van der Waals surface area contributed by atoms with E-state index in [-0.39, 0.29) is 24.0 Å². The van der Waals surface area contributed by atoms with E-state index in [0.717, 1.165) is 53.9 Å². The lowest BCUT2D eigenvalue weighted by molar-refractivity contribution is 0.310. The molecule has 2 aromatic rings. The van der Waals surface area contributed by atoms with Crippen molar-refractivity contribution in [1.29, 1.82) is 0 Å². The molecule has 32 heavy (non-hydrogen) atoms. The molecule has 0 bridgehead atoms. The highest BCUT2D eigenvalue weighted by Crippen LogP contribution is 2.29. The molecule has 0 heterocycles. The molecule has 178 valence electrons. The molecule has 0 spiro atoms. The molecule has 7 nitrogen and oxygen atoms in total. The number of aliphatic imine (C=N–C) groups is 1. The second-order valence-electron chi connectivity index (χ2n) is 6.79. The van der Waals surface area contributed by atoms with Gasteiger partial charge in [0.15, 0.2) is 29.0 Å². The Hall–Kier alpha value is -2.36. The van der Waals surface area contributed by atoms with Crippen molar-refractivity contribution in [3.05, 3.63) is 47.5 Å². The molecule has 0 aliphatic rings. The third-order valence-electron chi connectivity index (χ3n) is 4.67. The summed E-state index contributed by atoms with van der Waals surface area (Å²) in [5.41, 5.74) is 2.31. The van der Waals surface area contributed by atoms with E-state index in [1.165, 1.54) is 5.56 Å². The molecule has 0 radical (unpaired) electrons. The van der Waals surface area contributed by atoms with E-state index in [2.05, 4.69) is 27.8 Å². The first-order chi connectivity index (χ1) is 15.1. The molecule has 0 fully saturated rings. The second kappa shape index (κ2) is 15.4. The van der Waals surface area contributed by atoms with Crippen molar-refractivity contribution in [3.63, 3.8) is 0 Å². The molecular formula is C24H36IN3O4. The van der Waals surface area contributed by atoms with Crippen LogP contribution >= 0.6 is 24.0 Å². The highest BCUT2D eigenvalue weighted by molar-refractivity contribution is 14.0. The van der Waals surface area contributed by atoms with Crippen LogP contribution in [0.1, 0.15) is 31.4 Å². The van der Waals surface area contributed by atoms with Crippen LogP contribution in [0.3, 0.4) is 0 Å². The summed E-state index contributed by atoms with van der Waals surface area (Å²) < 4.78 is 22.0. The van der Waals surface area contributed by atoms with E-state index < -0.39 is 0 Å². The summed E-state index contributed by atoms with van der Waals surface area (Å²) in [5.74, 6) is 3.80. The highest BCUT2D eigenvalue weighted by atomic mass is 127. The van der Waals surface area contributed by atoms with Crippen LogP contribution in [0, 0.1) is 0 Å². The van der Waals surface area contributed by atoms with Crippen LogP contribution in [-0.4, -0.2) is 47.0 Å². The van der Waals surface area contributed by atoms with Crippen molar-refractivity contribution in [2.45, 2.75) is 33.2 Å². The largest absolute Gasteiger partial charge is 0.493 e. The first-order valence-corrected chi connectivity index (χ1v) is 10.7. The number of ether oxygens (including phenoxy) is 4. The van der Waals surface area contributed by atoms with Crippen molar-refractivity contribution in [1.82, 2.24) is 10.6 Å². The Balaban J connectivity index is 0.00000512. The number of rotatable bonds is 12. The molecule has 0 aliphatic heterocycles. The molecule has 0 unspecified atom stereocenters. The van der Waals surface area contributed by atoms with Gasteiger partial charge in [0.2, 0.25) is 0 Å². The fraction of sp³-hybridized carbons (Fsp3) is 0.458. The minimum Gasteiger partial charge on any atom is -0.493 e. The molecule has 2 aromatic carbocycles. The van der Waals surface area contributed by atoms with Gasteiger partial charge in [0.25, 0.3) is 0 Å². The zero-order valence-electron chi connectivity index (χ0n) is 19.7. The first kappa shape index (κ1) is 27.7. The SMILES string of the molecule is CCOc1cc(CCCNC(=NC)NCc2ccc(OC)c(OCC)c2)ccc1OC.I. The lowest BCUT2D eigenvalue weighted by atomic mass is 10.1. The lowest BCUT2D eigenvalue weighted by Crippen LogP contribution is -2.37. The predicted octanol–water partition coefficient (Wildman–Crippen LogP) is 4.42. The minimum atomic E-state index is 0. The maximum Gasteiger partial charge on any atom is 0.191 e. The number of aryl methyl sites for hydroxylation is 1. The van der Waals surface area contributed by atoms with Gasteiger partial charge in [-0.1, -0.05) is 12.1 Å². The summed E-state index contributed by atoms with van der Waals surface area (Å²) in [7, 11) is 5.07. The van der Waals surface area contributed by atoms with Crippen molar-refractivity contribution >= 4 is 29.9 Å².